The molecule has 6 heteroatoms. The van der Waals surface area contributed by atoms with Gasteiger partial charge in [-0.2, -0.15) is 0 Å². The van der Waals surface area contributed by atoms with Gasteiger partial charge in [-0.1, -0.05) is 29.3 Å². The van der Waals surface area contributed by atoms with Crippen LogP contribution in [0.5, 0.6) is 0 Å². The summed E-state index contributed by atoms with van der Waals surface area (Å²) in [4.78, 5) is 23.7. The minimum absolute atomic E-state index is 0.391. The first-order valence-electron chi connectivity index (χ1n) is 7.17. The van der Waals surface area contributed by atoms with Crippen LogP contribution in [-0.4, -0.2) is 11.8 Å². The number of nitrogens with one attached hydrogen (secondary N) is 2. The molecule has 0 saturated heterocycles. The fraction of sp³-hybridized carbons (Fsp3) is 0.111. The second kappa shape index (κ2) is 7.99. The molecule has 4 nitrogen and oxygen atoms in total. The van der Waals surface area contributed by atoms with Crippen LogP contribution in [0.1, 0.15) is 11.1 Å². The average molecular weight is 363 g/mol. The fourth-order valence-corrected chi connectivity index (χ4v) is 2.49. The van der Waals surface area contributed by atoms with Gasteiger partial charge < -0.3 is 10.6 Å². The van der Waals surface area contributed by atoms with Crippen molar-refractivity contribution in [1.29, 1.82) is 0 Å². The third-order valence-corrected chi connectivity index (χ3v) is 3.73. The van der Waals surface area contributed by atoms with Crippen LogP contribution in [-0.2, 0) is 9.59 Å². The Kier molecular flexibility index (Phi) is 6.01. The molecule has 0 radical (unpaired) electrons. The molecule has 0 atom stereocenters. The van der Waals surface area contributed by atoms with E-state index in [1.54, 1.807) is 18.2 Å². The van der Waals surface area contributed by atoms with Gasteiger partial charge in [0.25, 0.3) is 0 Å². The highest BCUT2D eigenvalue weighted by atomic mass is 35.5. The molecule has 0 aliphatic heterocycles. The number of carbonyl (C=O) groups excluding carboxylic acids is 2. The van der Waals surface area contributed by atoms with Crippen LogP contribution in [0.15, 0.2) is 48.6 Å². The fourth-order valence-electron chi connectivity index (χ4n) is 1.96. The molecule has 2 N–H and O–H groups in total. The van der Waals surface area contributed by atoms with Crippen molar-refractivity contribution >= 4 is 46.4 Å². The van der Waals surface area contributed by atoms with Crippen LogP contribution in [0.3, 0.4) is 0 Å². The lowest BCUT2D eigenvalue weighted by Crippen LogP contribution is -2.12. The predicted molar refractivity (Wildman–Crippen MR) is 98.8 cm³/mol. The number of carbonyl (C=O) groups is 2. The maximum Gasteiger partial charge on any atom is 0.248 e. The average Bonchev–Trinajstić information content (AvgIpc) is 2.48. The van der Waals surface area contributed by atoms with E-state index in [1.165, 1.54) is 0 Å². The van der Waals surface area contributed by atoms with Crippen LogP contribution >= 0.6 is 23.2 Å². The van der Waals surface area contributed by atoms with E-state index in [1.807, 2.05) is 32.0 Å². The maximum absolute atomic E-state index is 11.9. The van der Waals surface area contributed by atoms with Gasteiger partial charge in [0.1, 0.15) is 0 Å². The number of anilines is 2. The number of halogens is 2. The van der Waals surface area contributed by atoms with Crippen molar-refractivity contribution in [3.05, 3.63) is 69.7 Å². The quantitative estimate of drug-likeness (QED) is 0.771. The Morgan fingerprint density at radius 1 is 0.792 bits per heavy atom. The maximum atomic E-state index is 11.9. The minimum atomic E-state index is -0.455. The highest BCUT2D eigenvalue weighted by Crippen LogP contribution is 2.22. The minimum Gasteiger partial charge on any atom is -0.323 e. The Labute approximate surface area is 150 Å². The van der Waals surface area contributed by atoms with Gasteiger partial charge in [-0.05, 0) is 55.3 Å². The number of hydrogen-bond acceptors (Lipinski definition) is 2. The lowest BCUT2D eigenvalue weighted by atomic mass is 10.1. The molecular formula is C18H16Cl2N2O2. The van der Waals surface area contributed by atoms with Crippen LogP contribution in [0.25, 0.3) is 0 Å². The first kappa shape index (κ1) is 18.0. The first-order valence-corrected chi connectivity index (χ1v) is 7.92. The molecule has 0 unspecified atom stereocenters. The van der Waals surface area contributed by atoms with E-state index < -0.39 is 11.8 Å². The second-order valence-corrected chi connectivity index (χ2v) is 6.14. The van der Waals surface area contributed by atoms with Crippen molar-refractivity contribution < 1.29 is 9.59 Å². The van der Waals surface area contributed by atoms with E-state index in [-0.39, 0.29) is 0 Å². The summed E-state index contributed by atoms with van der Waals surface area (Å²) in [6.45, 7) is 3.96. The molecule has 0 bridgehead atoms. The molecule has 0 aromatic heterocycles. The molecular weight excluding hydrogens is 347 g/mol. The third-order valence-electron chi connectivity index (χ3n) is 3.29. The van der Waals surface area contributed by atoms with E-state index >= 15 is 0 Å². The van der Waals surface area contributed by atoms with E-state index in [0.29, 0.717) is 21.4 Å². The van der Waals surface area contributed by atoms with Crippen molar-refractivity contribution in [3.8, 4) is 0 Å². The second-order valence-electron chi connectivity index (χ2n) is 5.27. The Bertz CT molecular complexity index is 796. The van der Waals surface area contributed by atoms with E-state index in [9.17, 15) is 9.59 Å². The van der Waals surface area contributed by atoms with Gasteiger partial charge in [0.2, 0.25) is 11.8 Å². The summed E-state index contributed by atoms with van der Waals surface area (Å²) in [6.07, 6.45) is 2.31. The standard InChI is InChI=1S/C18H16Cl2N2O2/c1-11-3-4-15(7-12(11)2)21-17(23)5-6-18(24)22-16-9-13(19)8-14(20)10-16/h3-10H,1-2H3,(H,21,23)(H,22,24). The van der Waals surface area contributed by atoms with Crippen molar-refractivity contribution in [1.82, 2.24) is 0 Å². The highest BCUT2D eigenvalue weighted by molar-refractivity contribution is 6.35. The zero-order chi connectivity index (χ0) is 17.7. The largest absolute Gasteiger partial charge is 0.323 e. The number of hydrogen-bond donors (Lipinski definition) is 2. The molecule has 0 heterocycles. The van der Waals surface area contributed by atoms with Crippen molar-refractivity contribution in [3.63, 3.8) is 0 Å². The highest BCUT2D eigenvalue weighted by Gasteiger charge is 2.03. The van der Waals surface area contributed by atoms with Gasteiger partial charge in [0.15, 0.2) is 0 Å². The molecule has 2 aromatic carbocycles. The zero-order valence-corrected chi connectivity index (χ0v) is 14.7. The van der Waals surface area contributed by atoms with Gasteiger partial charge >= 0.3 is 0 Å². The van der Waals surface area contributed by atoms with Gasteiger partial charge in [-0.25, -0.2) is 0 Å². The molecule has 2 aromatic rings. The van der Waals surface area contributed by atoms with E-state index in [4.69, 9.17) is 23.2 Å². The Morgan fingerprint density at radius 3 is 1.88 bits per heavy atom. The normalized spacial score (nSPS) is 10.7. The molecule has 124 valence electrons. The van der Waals surface area contributed by atoms with E-state index in [0.717, 1.165) is 23.3 Å². The van der Waals surface area contributed by atoms with Gasteiger partial charge in [-0.15, -0.1) is 0 Å². The molecule has 0 aliphatic carbocycles. The van der Waals surface area contributed by atoms with Crippen LogP contribution < -0.4 is 10.6 Å². The van der Waals surface area contributed by atoms with Gasteiger partial charge in [-0.3, -0.25) is 9.59 Å². The Morgan fingerprint density at radius 2 is 1.33 bits per heavy atom. The summed E-state index contributed by atoms with van der Waals surface area (Å²) in [5, 5.41) is 6.11. The summed E-state index contributed by atoms with van der Waals surface area (Å²) in [7, 11) is 0. The Balaban J connectivity index is 1.95. The predicted octanol–water partition coefficient (Wildman–Crippen LogP) is 4.74. The van der Waals surface area contributed by atoms with Crippen molar-refractivity contribution in [2.45, 2.75) is 13.8 Å². The molecule has 24 heavy (non-hydrogen) atoms. The lowest BCUT2D eigenvalue weighted by molar-refractivity contribution is -0.114. The molecule has 0 fully saturated rings. The van der Waals surface area contributed by atoms with Gasteiger partial charge in [0, 0.05) is 33.6 Å². The topological polar surface area (TPSA) is 58.2 Å². The first-order chi connectivity index (χ1) is 11.3. The smallest absolute Gasteiger partial charge is 0.248 e. The summed E-state index contributed by atoms with van der Waals surface area (Å²) in [5.41, 5.74) is 3.35. The summed E-state index contributed by atoms with van der Waals surface area (Å²) in [6, 6.07) is 10.3. The molecule has 2 amide bonds. The van der Waals surface area contributed by atoms with Crippen LogP contribution in [0.4, 0.5) is 11.4 Å². The summed E-state index contributed by atoms with van der Waals surface area (Å²) >= 11 is 11.7. The van der Waals surface area contributed by atoms with Crippen LogP contribution in [0.2, 0.25) is 10.0 Å². The third kappa shape index (κ3) is 5.41. The Hall–Kier alpha value is -2.30. The molecule has 0 aliphatic rings. The summed E-state index contributed by atoms with van der Waals surface area (Å²) < 4.78 is 0. The van der Waals surface area contributed by atoms with Gasteiger partial charge in [0.05, 0.1) is 0 Å². The number of rotatable bonds is 4. The van der Waals surface area contributed by atoms with Crippen molar-refractivity contribution in [2.75, 3.05) is 10.6 Å². The molecule has 2 rings (SSSR count). The lowest BCUT2D eigenvalue weighted by Gasteiger charge is -2.06. The number of aryl methyl sites for hydroxylation is 2. The molecule has 0 spiro atoms. The van der Waals surface area contributed by atoms with Crippen molar-refractivity contribution in [2.24, 2.45) is 0 Å². The SMILES string of the molecule is Cc1ccc(NC(=O)C=CC(=O)Nc2cc(Cl)cc(Cl)c2)cc1C. The van der Waals surface area contributed by atoms with Crippen LogP contribution in [0, 0.1) is 13.8 Å². The van der Waals surface area contributed by atoms with E-state index in [2.05, 4.69) is 10.6 Å². The molecule has 0 saturated carbocycles. The number of benzene rings is 2. The number of amides is 2. The monoisotopic (exact) mass is 362 g/mol. The summed E-state index contributed by atoms with van der Waals surface area (Å²) in [5.74, 6) is -0.846. The zero-order valence-electron chi connectivity index (χ0n) is 13.2.